The topological polar surface area (TPSA) is 0 Å². The Morgan fingerprint density at radius 1 is 1.08 bits per heavy atom. The molecule has 0 N–H and O–H groups in total. The Bertz CT molecular complexity index is 112. The van der Waals surface area contributed by atoms with Crippen molar-refractivity contribution < 1.29 is 0 Å². The van der Waals surface area contributed by atoms with Crippen LogP contribution < -0.4 is 0 Å². The van der Waals surface area contributed by atoms with Gasteiger partial charge < -0.3 is 0 Å². The van der Waals surface area contributed by atoms with E-state index in [-0.39, 0.29) is 0 Å². The molecule has 0 rings (SSSR count). The van der Waals surface area contributed by atoms with E-state index in [2.05, 4.69) is 19.6 Å². The van der Waals surface area contributed by atoms with Crippen LogP contribution in [-0.4, -0.2) is 0 Å². The lowest BCUT2D eigenvalue weighted by Gasteiger charge is -1.95. The van der Waals surface area contributed by atoms with Crippen molar-refractivity contribution in [1.29, 1.82) is 0 Å². The summed E-state index contributed by atoms with van der Waals surface area (Å²) in [4.78, 5) is 2.47. The summed E-state index contributed by atoms with van der Waals surface area (Å²) in [6.07, 6.45) is 2.08. The van der Waals surface area contributed by atoms with Gasteiger partial charge in [-0.05, 0) is 30.6 Å². The van der Waals surface area contributed by atoms with Crippen LogP contribution in [0.3, 0.4) is 0 Å². The first-order valence-electron chi connectivity index (χ1n) is 4.63. The molecule has 0 saturated heterocycles. The highest BCUT2D eigenvalue weighted by molar-refractivity contribution is 8.06. The van der Waals surface area contributed by atoms with Crippen molar-refractivity contribution in [2.24, 2.45) is 0 Å². The van der Waals surface area contributed by atoms with E-state index in [9.17, 15) is 0 Å². The van der Waals surface area contributed by atoms with E-state index in [0.29, 0.717) is 0 Å². The molecule has 0 spiro atoms. The second kappa shape index (κ2) is 17.1. The first kappa shape index (κ1) is 17.8. The highest BCUT2D eigenvalue weighted by Crippen LogP contribution is 2.21. The monoisotopic (exact) mass is 188 g/mol. The number of thioether (sulfide) groups is 1. The van der Waals surface area contributed by atoms with Gasteiger partial charge in [0, 0.05) is 0 Å². The molecule has 0 aromatic rings. The Balaban J connectivity index is -0.000000175. The zero-order valence-electron chi connectivity index (χ0n) is 9.69. The lowest BCUT2D eigenvalue weighted by atomic mass is 10.6. The summed E-state index contributed by atoms with van der Waals surface area (Å²) in [6, 6.07) is 0. The molecule has 0 aromatic carbocycles. The maximum atomic E-state index is 3.77. The van der Waals surface area contributed by atoms with Crippen LogP contribution in [0.4, 0.5) is 0 Å². The van der Waals surface area contributed by atoms with Gasteiger partial charge in [0.1, 0.15) is 0 Å². The third-order valence-electron chi connectivity index (χ3n) is 0.742. The first-order chi connectivity index (χ1) is 5.66. The van der Waals surface area contributed by atoms with Crippen molar-refractivity contribution in [1.82, 2.24) is 0 Å². The van der Waals surface area contributed by atoms with E-state index < -0.39 is 0 Å². The summed E-state index contributed by atoms with van der Waals surface area (Å²) in [5, 5.41) is 0. The zero-order valence-corrected chi connectivity index (χ0v) is 10.5. The van der Waals surface area contributed by atoms with Crippen molar-refractivity contribution >= 4 is 11.8 Å². The molecule has 0 bridgehead atoms. The summed E-state index contributed by atoms with van der Waals surface area (Å²) < 4.78 is 0. The van der Waals surface area contributed by atoms with Crippen LogP contribution in [0.15, 0.2) is 22.5 Å². The molecular weight excluding hydrogens is 164 g/mol. The SMILES string of the molecule is C=C(C)S/C(C)=C\C.CC.CC. The highest BCUT2D eigenvalue weighted by Gasteiger charge is 1.85. The summed E-state index contributed by atoms with van der Waals surface area (Å²) in [6.45, 7) is 17.9. The van der Waals surface area contributed by atoms with Crippen LogP contribution >= 0.6 is 11.8 Å². The molecule has 0 heterocycles. The van der Waals surface area contributed by atoms with Crippen molar-refractivity contribution in [2.75, 3.05) is 0 Å². The lowest BCUT2D eigenvalue weighted by Crippen LogP contribution is -1.63. The Hall–Kier alpha value is -0.170. The fourth-order valence-corrected chi connectivity index (χ4v) is 1.00. The Labute approximate surface area is 83.1 Å². The minimum Gasteiger partial charge on any atom is -0.101 e. The van der Waals surface area contributed by atoms with Crippen LogP contribution in [0.1, 0.15) is 48.5 Å². The average molecular weight is 188 g/mol. The molecule has 0 aromatic heterocycles. The van der Waals surface area contributed by atoms with Crippen molar-refractivity contribution in [3.05, 3.63) is 22.5 Å². The third kappa shape index (κ3) is 22.5. The summed E-state index contributed by atoms with van der Waals surface area (Å²) >= 11 is 1.72. The quantitative estimate of drug-likeness (QED) is 0.572. The molecule has 0 atom stereocenters. The maximum Gasteiger partial charge on any atom is -0.0180 e. The molecule has 0 amide bonds. The zero-order chi connectivity index (χ0) is 10.6. The van der Waals surface area contributed by atoms with Crippen LogP contribution in [0.25, 0.3) is 0 Å². The molecular formula is C11H24S. The van der Waals surface area contributed by atoms with Gasteiger partial charge in [-0.3, -0.25) is 0 Å². The van der Waals surface area contributed by atoms with Gasteiger partial charge in [0.15, 0.2) is 0 Å². The average Bonchev–Trinajstić information content (AvgIpc) is 2.10. The molecule has 74 valence electrons. The summed E-state index contributed by atoms with van der Waals surface area (Å²) in [7, 11) is 0. The minimum absolute atomic E-state index is 1.15. The Kier molecular flexibility index (Phi) is 25.3. The van der Waals surface area contributed by atoms with Gasteiger partial charge in [-0.25, -0.2) is 0 Å². The summed E-state index contributed by atoms with van der Waals surface area (Å²) in [5.41, 5.74) is 0. The van der Waals surface area contributed by atoms with E-state index in [0.717, 1.165) is 4.91 Å². The number of hydrogen-bond donors (Lipinski definition) is 0. The Morgan fingerprint density at radius 2 is 1.42 bits per heavy atom. The molecule has 0 aliphatic carbocycles. The molecule has 0 radical (unpaired) electrons. The number of allylic oxidation sites excluding steroid dienone is 3. The van der Waals surface area contributed by atoms with Crippen LogP contribution in [0.5, 0.6) is 0 Å². The van der Waals surface area contributed by atoms with Gasteiger partial charge in [0.05, 0.1) is 0 Å². The molecule has 0 aliphatic rings. The normalized spacial score (nSPS) is 8.75. The summed E-state index contributed by atoms with van der Waals surface area (Å²) in [5.74, 6) is 0. The fraction of sp³-hybridized carbons (Fsp3) is 0.636. The predicted octanol–water partition coefficient (Wildman–Crippen LogP) is 5.23. The molecule has 0 nitrogen and oxygen atoms in total. The van der Waals surface area contributed by atoms with E-state index in [1.807, 2.05) is 41.5 Å². The molecule has 0 unspecified atom stereocenters. The number of rotatable bonds is 2. The van der Waals surface area contributed by atoms with Gasteiger partial charge in [0.25, 0.3) is 0 Å². The molecule has 0 fully saturated rings. The highest BCUT2D eigenvalue weighted by atomic mass is 32.2. The van der Waals surface area contributed by atoms with Crippen LogP contribution in [0.2, 0.25) is 0 Å². The van der Waals surface area contributed by atoms with Gasteiger partial charge >= 0.3 is 0 Å². The second-order valence-electron chi connectivity index (χ2n) is 1.70. The lowest BCUT2D eigenvalue weighted by molar-refractivity contribution is 1.50. The number of hydrogen-bond acceptors (Lipinski definition) is 1. The van der Waals surface area contributed by atoms with Gasteiger partial charge in [0.2, 0.25) is 0 Å². The van der Waals surface area contributed by atoms with Crippen molar-refractivity contribution in [3.8, 4) is 0 Å². The van der Waals surface area contributed by atoms with E-state index >= 15 is 0 Å². The van der Waals surface area contributed by atoms with E-state index in [1.54, 1.807) is 11.8 Å². The van der Waals surface area contributed by atoms with Crippen LogP contribution in [-0.2, 0) is 0 Å². The standard InChI is InChI=1S/C7H12S.2C2H6/c1-5-7(4)8-6(2)3;2*1-2/h5H,2H2,1,3-4H3;2*1-2H3/b7-5-;;. The fourth-order valence-electron chi connectivity index (χ4n) is 0.334. The second-order valence-corrected chi connectivity index (χ2v) is 3.25. The largest absolute Gasteiger partial charge is 0.101 e. The first-order valence-corrected chi connectivity index (χ1v) is 5.44. The van der Waals surface area contributed by atoms with E-state index in [1.165, 1.54) is 4.91 Å². The maximum absolute atomic E-state index is 3.77. The van der Waals surface area contributed by atoms with Crippen molar-refractivity contribution in [2.45, 2.75) is 48.5 Å². The van der Waals surface area contributed by atoms with Crippen LogP contribution in [0, 0.1) is 0 Å². The van der Waals surface area contributed by atoms with Crippen molar-refractivity contribution in [3.63, 3.8) is 0 Å². The third-order valence-corrected chi connectivity index (χ3v) is 1.65. The van der Waals surface area contributed by atoms with Gasteiger partial charge in [-0.1, -0.05) is 40.3 Å². The molecule has 0 aliphatic heterocycles. The predicted molar refractivity (Wildman–Crippen MR) is 64.5 cm³/mol. The van der Waals surface area contributed by atoms with Gasteiger partial charge in [-0.15, -0.1) is 11.8 Å². The molecule has 0 saturated carbocycles. The Morgan fingerprint density at radius 3 is 1.50 bits per heavy atom. The minimum atomic E-state index is 1.15. The molecule has 1 heteroatoms. The van der Waals surface area contributed by atoms with Gasteiger partial charge in [-0.2, -0.15) is 0 Å². The smallest absolute Gasteiger partial charge is 0.0180 e. The molecule has 12 heavy (non-hydrogen) atoms. The van der Waals surface area contributed by atoms with E-state index in [4.69, 9.17) is 0 Å².